The first-order chi connectivity index (χ1) is 14.1. The molecule has 0 radical (unpaired) electrons. The van der Waals surface area contributed by atoms with Gasteiger partial charge in [0.15, 0.2) is 6.04 Å². The summed E-state index contributed by atoms with van der Waals surface area (Å²) in [5.74, 6) is 1.01. The highest BCUT2D eigenvalue weighted by molar-refractivity contribution is 6.02. The Kier molecular flexibility index (Phi) is 5.60. The summed E-state index contributed by atoms with van der Waals surface area (Å²) in [5, 5.41) is 3.25. The molecule has 154 valence electrons. The third kappa shape index (κ3) is 3.88. The number of carbonyl (C=O) groups is 2. The molecule has 29 heavy (non-hydrogen) atoms. The van der Waals surface area contributed by atoms with Crippen molar-refractivity contribution in [3.05, 3.63) is 48.3 Å². The zero-order chi connectivity index (χ0) is 20.4. The van der Waals surface area contributed by atoms with Gasteiger partial charge in [-0.1, -0.05) is 19.8 Å². The SMILES string of the molecule is CCOc1ccc(N2C(=O)Cn3cccc3[C@@H]2C(=O)N[C@H]2CCCC[C@@H]2C)cc1. The normalized spacial score (nSPS) is 24.1. The molecule has 3 atom stereocenters. The lowest BCUT2D eigenvalue weighted by Crippen LogP contribution is -2.52. The number of aromatic nitrogens is 1. The fraction of sp³-hybridized carbons (Fsp3) is 0.478. The summed E-state index contributed by atoms with van der Waals surface area (Å²) in [5.41, 5.74) is 1.56. The summed E-state index contributed by atoms with van der Waals surface area (Å²) in [6.07, 6.45) is 6.35. The van der Waals surface area contributed by atoms with Crippen LogP contribution in [-0.2, 0) is 16.1 Å². The number of amides is 2. The fourth-order valence-corrected chi connectivity index (χ4v) is 4.52. The summed E-state index contributed by atoms with van der Waals surface area (Å²) in [7, 11) is 0. The third-order valence-corrected chi connectivity index (χ3v) is 6.09. The molecular weight excluding hydrogens is 366 g/mol. The summed E-state index contributed by atoms with van der Waals surface area (Å²) >= 11 is 0. The number of benzene rings is 1. The van der Waals surface area contributed by atoms with Crippen LogP contribution in [0.3, 0.4) is 0 Å². The smallest absolute Gasteiger partial charge is 0.249 e. The summed E-state index contributed by atoms with van der Waals surface area (Å²) in [6, 6.07) is 10.7. The minimum atomic E-state index is -0.668. The van der Waals surface area contributed by atoms with Crippen LogP contribution in [0.25, 0.3) is 0 Å². The molecule has 1 aliphatic heterocycles. The van der Waals surface area contributed by atoms with E-state index in [-0.39, 0.29) is 24.4 Å². The van der Waals surface area contributed by atoms with Crippen molar-refractivity contribution >= 4 is 17.5 Å². The van der Waals surface area contributed by atoms with Crippen molar-refractivity contribution in [3.63, 3.8) is 0 Å². The zero-order valence-corrected chi connectivity index (χ0v) is 17.1. The molecule has 6 heteroatoms. The molecular formula is C23H29N3O3. The molecule has 1 aliphatic carbocycles. The Morgan fingerprint density at radius 1 is 1.17 bits per heavy atom. The highest BCUT2D eigenvalue weighted by Gasteiger charge is 2.39. The van der Waals surface area contributed by atoms with E-state index in [9.17, 15) is 9.59 Å². The van der Waals surface area contributed by atoms with Crippen molar-refractivity contribution in [1.82, 2.24) is 9.88 Å². The molecule has 1 fully saturated rings. The van der Waals surface area contributed by atoms with E-state index in [4.69, 9.17) is 4.74 Å². The maximum Gasteiger partial charge on any atom is 0.249 e. The van der Waals surface area contributed by atoms with Gasteiger partial charge in [-0.2, -0.15) is 0 Å². The molecule has 1 saturated carbocycles. The van der Waals surface area contributed by atoms with Crippen LogP contribution in [0.2, 0.25) is 0 Å². The summed E-state index contributed by atoms with van der Waals surface area (Å²) < 4.78 is 7.40. The highest BCUT2D eigenvalue weighted by Crippen LogP contribution is 2.34. The van der Waals surface area contributed by atoms with Gasteiger partial charge in [0.1, 0.15) is 12.3 Å². The van der Waals surface area contributed by atoms with E-state index >= 15 is 0 Å². The number of nitrogens with one attached hydrogen (secondary N) is 1. The van der Waals surface area contributed by atoms with Gasteiger partial charge in [0.2, 0.25) is 11.8 Å². The zero-order valence-electron chi connectivity index (χ0n) is 17.1. The van der Waals surface area contributed by atoms with Crippen LogP contribution in [0.5, 0.6) is 5.75 Å². The lowest BCUT2D eigenvalue weighted by molar-refractivity contribution is -0.129. The van der Waals surface area contributed by atoms with Gasteiger partial charge in [0, 0.05) is 17.9 Å². The van der Waals surface area contributed by atoms with E-state index in [0.29, 0.717) is 18.2 Å². The minimum Gasteiger partial charge on any atom is -0.494 e. The highest BCUT2D eigenvalue weighted by atomic mass is 16.5. The van der Waals surface area contributed by atoms with E-state index in [1.165, 1.54) is 6.42 Å². The number of fused-ring (bicyclic) bond motifs is 1. The molecule has 2 amide bonds. The van der Waals surface area contributed by atoms with Crippen LogP contribution in [-0.4, -0.2) is 29.0 Å². The molecule has 0 unspecified atom stereocenters. The Labute approximate surface area is 171 Å². The average molecular weight is 396 g/mol. The maximum atomic E-state index is 13.4. The lowest BCUT2D eigenvalue weighted by Gasteiger charge is -2.38. The molecule has 0 bridgehead atoms. The molecule has 0 spiro atoms. The second-order valence-corrected chi connectivity index (χ2v) is 8.03. The Hall–Kier alpha value is -2.76. The molecule has 0 saturated heterocycles. The minimum absolute atomic E-state index is 0.0882. The Morgan fingerprint density at radius 3 is 2.66 bits per heavy atom. The van der Waals surface area contributed by atoms with Crippen LogP contribution in [0.15, 0.2) is 42.6 Å². The number of hydrogen-bond donors (Lipinski definition) is 1. The topological polar surface area (TPSA) is 63.6 Å². The lowest BCUT2D eigenvalue weighted by atomic mass is 9.85. The Bertz CT molecular complexity index is 874. The summed E-state index contributed by atoms with van der Waals surface area (Å²) in [4.78, 5) is 28.1. The third-order valence-electron chi connectivity index (χ3n) is 6.09. The fourth-order valence-electron chi connectivity index (χ4n) is 4.52. The number of carbonyl (C=O) groups excluding carboxylic acids is 2. The number of anilines is 1. The monoisotopic (exact) mass is 395 g/mol. The van der Waals surface area contributed by atoms with Gasteiger partial charge in [0.25, 0.3) is 0 Å². The van der Waals surface area contributed by atoms with Gasteiger partial charge in [-0.3, -0.25) is 14.5 Å². The maximum absolute atomic E-state index is 13.4. The number of nitrogens with zero attached hydrogens (tertiary/aromatic N) is 2. The molecule has 2 aromatic rings. The van der Waals surface area contributed by atoms with E-state index in [0.717, 1.165) is 30.7 Å². The number of ether oxygens (including phenoxy) is 1. The number of hydrogen-bond acceptors (Lipinski definition) is 3. The molecule has 1 aromatic heterocycles. The van der Waals surface area contributed by atoms with Crippen molar-refractivity contribution in [3.8, 4) is 5.75 Å². The van der Waals surface area contributed by atoms with Gasteiger partial charge in [-0.25, -0.2) is 0 Å². The van der Waals surface area contributed by atoms with E-state index < -0.39 is 6.04 Å². The summed E-state index contributed by atoms with van der Waals surface area (Å²) in [6.45, 7) is 4.95. The van der Waals surface area contributed by atoms with Crippen LogP contribution in [0, 0.1) is 5.92 Å². The largest absolute Gasteiger partial charge is 0.494 e. The Balaban J connectivity index is 1.65. The Morgan fingerprint density at radius 2 is 1.93 bits per heavy atom. The van der Waals surface area contributed by atoms with Gasteiger partial charge in [-0.05, 0) is 62.1 Å². The van der Waals surface area contributed by atoms with Crippen molar-refractivity contribution in [2.24, 2.45) is 5.92 Å². The van der Waals surface area contributed by atoms with Gasteiger partial charge >= 0.3 is 0 Å². The van der Waals surface area contributed by atoms with E-state index in [1.54, 1.807) is 4.90 Å². The predicted octanol–water partition coefficient (Wildman–Crippen LogP) is 3.67. The van der Waals surface area contributed by atoms with E-state index in [2.05, 4.69) is 12.2 Å². The first-order valence-electron chi connectivity index (χ1n) is 10.6. The average Bonchev–Trinajstić information content (AvgIpc) is 3.17. The van der Waals surface area contributed by atoms with E-state index in [1.807, 2.05) is 54.1 Å². The van der Waals surface area contributed by atoms with Crippen LogP contribution in [0.4, 0.5) is 5.69 Å². The first kappa shape index (κ1) is 19.6. The van der Waals surface area contributed by atoms with Crippen LogP contribution >= 0.6 is 0 Å². The van der Waals surface area contributed by atoms with Gasteiger partial charge < -0.3 is 14.6 Å². The molecule has 4 rings (SSSR count). The standard InChI is InChI=1S/C23H29N3O3/c1-3-29-18-12-10-17(11-13-18)26-21(27)15-25-14-6-9-20(25)22(26)23(28)24-19-8-5-4-7-16(19)2/h6,9-14,16,19,22H,3-5,7-8,15H2,1-2H3,(H,24,28)/t16-,19-,22+/m0/s1. The predicted molar refractivity (Wildman–Crippen MR) is 112 cm³/mol. The van der Waals surface area contributed by atoms with Crippen LogP contribution in [0.1, 0.15) is 51.3 Å². The van der Waals surface area contributed by atoms with Crippen molar-refractivity contribution in [1.29, 1.82) is 0 Å². The molecule has 2 aliphatic rings. The second kappa shape index (κ2) is 8.31. The molecule has 2 heterocycles. The molecule has 1 N–H and O–H groups in total. The number of rotatable bonds is 5. The van der Waals surface area contributed by atoms with Crippen molar-refractivity contribution < 1.29 is 14.3 Å². The molecule has 6 nitrogen and oxygen atoms in total. The molecule has 1 aromatic carbocycles. The quantitative estimate of drug-likeness (QED) is 0.840. The van der Waals surface area contributed by atoms with Gasteiger partial charge in [-0.15, -0.1) is 0 Å². The van der Waals surface area contributed by atoms with Gasteiger partial charge in [0.05, 0.1) is 12.3 Å². The second-order valence-electron chi connectivity index (χ2n) is 8.03. The first-order valence-corrected chi connectivity index (χ1v) is 10.6. The van der Waals surface area contributed by atoms with Crippen LogP contribution < -0.4 is 15.0 Å². The van der Waals surface area contributed by atoms with Crippen molar-refractivity contribution in [2.45, 2.75) is 58.2 Å². The van der Waals surface area contributed by atoms with Crippen molar-refractivity contribution in [2.75, 3.05) is 11.5 Å².